The highest BCUT2D eigenvalue weighted by atomic mass is 16.3. The number of phenolic OH excluding ortho intramolecular Hbond substituents is 2. The molecule has 0 aromatic heterocycles. The van der Waals surface area contributed by atoms with Gasteiger partial charge in [0.1, 0.15) is 11.5 Å². The summed E-state index contributed by atoms with van der Waals surface area (Å²) in [5, 5.41) is 19.6. The van der Waals surface area contributed by atoms with Gasteiger partial charge in [-0.25, -0.2) is 0 Å². The SMILES string of the molecule is Cc1c(O)cc(C(C)(C)C)c(O)c1C. The molecule has 0 aliphatic carbocycles. The number of rotatable bonds is 0. The van der Waals surface area contributed by atoms with Crippen LogP contribution in [0.4, 0.5) is 0 Å². The first-order chi connectivity index (χ1) is 6.25. The van der Waals surface area contributed by atoms with Gasteiger partial charge in [-0.2, -0.15) is 0 Å². The molecule has 1 aromatic carbocycles. The molecule has 0 saturated heterocycles. The van der Waals surface area contributed by atoms with E-state index in [2.05, 4.69) is 0 Å². The molecule has 78 valence electrons. The maximum Gasteiger partial charge on any atom is 0.122 e. The molecular formula is C12H18O2. The maximum atomic E-state index is 9.93. The Morgan fingerprint density at radius 2 is 1.50 bits per heavy atom. The molecule has 0 radical (unpaired) electrons. The maximum absolute atomic E-state index is 9.93. The molecule has 1 aromatic rings. The van der Waals surface area contributed by atoms with Crippen LogP contribution in [0.25, 0.3) is 0 Å². The average Bonchev–Trinajstić information content (AvgIpc) is 2.06. The molecule has 2 N–H and O–H groups in total. The van der Waals surface area contributed by atoms with Crippen molar-refractivity contribution in [2.45, 2.75) is 40.0 Å². The van der Waals surface area contributed by atoms with Gasteiger partial charge >= 0.3 is 0 Å². The smallest absolute Gasteiger partial charge is 0.122 e. The van der Waals surface area contributed by atoms with Gasteiger partial charge in [0.15, 0.2) is 0 Å². The van der Waals surface area contributed by atoms with Gasteiger partial charge in [0.05, 0.1) is 0 Å². The second-order valence-corrected chi connectivity index (χ2v) is 4.79. The van der Waals surface area contributed by atoms with Gasteiger partial charge in [0, 0.05) is 5.56 Å². The highest BCUT2D eigenvalue weighted by Crippen LogP contribution is 2.38. The number of benzene rings is 1. The Kier molecular flexibility index (Phi) is 2.49. The second kappa shape index (κ2) is 3.19. The molecule has 0 amide bonds. The Morgan fingerprint density at radius 3 is 1.93 bits per heavy atom. The van der Waals surface area contributed by atoms with E-state index in [0.29, 0.717) is 5.75 Å². The van der Waals surface area contributed by atoms with E-state index >= 15 is 0 Å². The van der Waals surface area contributed by atoms with Crippen molar-refractivity contribution in [2.75, 3.05) is 0 Å². The average molecular weight is 194 g/mol. The predicted molar refractivity (Wildman–Crippen MR) is 57.9 cm³/mol. The number of hydrogen-bond donors (Lipinski definition) is 2. The Balaban J connectivity index is 3.49. The fourth-order valence-electron chi connectivity index (χ4n) is 1.46. The Morgan fingerprint density at radius 1 is 1.00 bits per heavy atom. The van der Waals surface area contributed by atoms with E-state index in [9.17, 15) is 10.2 Å². The molecule has 0 spiro atoms. The lowest BCUT2D eigenvalue weighted by molar-refractivity contribution is 0.429. The molecule has 14 heavy (non-hydrogen) atoms. The van der Waals surface area contributed by atoms with Crippen molar-refractivity contribution in [3.8, 4) is 11.5 Å². The van der Waals surface area contributed by atoms with Crippen LogP contribution in [-0.4, -0.2) is 10.2 Å². The van der Waals surface area contributed by atoms with Crippen molar-refractivity contribution >= 4 is 0 Å². The quantitative estimate of drug-likeness (QED) is 0.623. The zero-order valence-electron chi connectivity index (χ0n) is 9.47. The molecule has 0 fully saturated rings. The lowest BCUT2D eigenvalue weighted by atomic mass is 9.84. The molecule has 0 unspecified atom stereocenters. The van der Waals surface area contributed by atoms with Crippen molar-refractivity contribution in [3.63, 3.8) is 0 Å². The number of aromatic hydroxyl groups is 2. The molecule has 0 aliphatic heterocycles. The summed E-state index contributed by atoms with van der Waals surface area (Å²) in [5.74, 6) is 0.554. The molecular weight excluding hydrogens is 176 g/mol. The number of hydrogen-bond acceptors (Lipinski definition) is 2. The van der Waals surface area contributed by atoms with Crippen LogP contribution >= 0.6 is 0 Å². The van der Waals surface area contributed by atoms with Crippen molar-refractivity contribution in [1.29, 1.82) is 0 Å². The molecule has 0 atom stereocenters. The predicted octanol–water partition coefficient (Wildman–Crippen LogP) is 3.01. The molecule has 0 heterocycles. The van der Waals surface area contributed by atoms with E-state index < -0.39 is 0 Å². The second-order valence-electron chi connectivity index (χ2n) is 4.79. The normalized spacial score (nSPS) is 11.8. The van der Waals surface area contributed by atoms with Gasteiger partial charge in [-0.1, -0.05) is 20.8 Å². The first kappa shape index (κ1) is 10.9. The summed E-state index contributed by atoms with van der Waals surface area (Å²) in [6.07, 6.45) is 0. The minimum Gasteiger partial charge on any atom is -0.508 e. The lowest BCUT2D eigenvalue weighted by Crippen LogP contribution is -2.12. The molecule has 0 aliphatic rings. The summed E-state index contributed by atoms with van der Waals surface area (Å²) in [7, 11) is 0. The summed E-state index contributed by atoms with van der Waals surface area (Å²) < 4.78 is 0. The van der Waals surface area contributed by atoms with E-state index in [-0.39, 0.29) is 11.2 Å². The van der Waals surface area contributed by atoms with Gasteiger partial charge in [0.2, 0.25) is 0 Å². The largest absolute Gasteiger partial charge is 0.508 e. The first-order valence-corrected chi connectivity index (χ1v) is 4.77. The van der Waals surface area contributed by atoms with E-state index in [1.165, 1.54) is 0 Å². The third-order valence-corrected chi connectivity index (χ3v) is 2.65. The van der Waals surface area contributed by atoms with Crippen LogP contribution in [0, 0.1) is 13.8 Å². The van der Waals surface area contributed by atoms with Gasteiger partial charge in [-0.05, 0) is 36.5 Å². The molecule has 0 bridgehead atoms. The Hall–Kier alpha value is -1.18. The van der Waals surface area contributed by atoms with Gasteiger partial charge in [0.25, 0.3) is 0 Å². The summed E-state index contributed by atoms with van der Waals surface area (Å²) >= 11 is 0. The topological polar surface area (TPSA) is 40.5 Å². The fourth-order valence-corrected chi connectivity index (χ4v) is 1.46. The van der Waals surface area contributed by atoms with Crippen LogP contribution < -0.4 is 0 Å². The summed E-state index contributed by atoms with van der Waals surface area (Å²) in [6.45, 7) is 9.65. The van der Waals surface area contributed by atoms with Crippen LogP contribution in [0.3, 0.4) is 0 Å². The third kappa shape index (κ3) is 1.69. The zero-order chi connectivity index (χ0) is 11.1. The lowest BCUT2D eigenvalue weighted by Gasteiger charge is -2.22. The van der Waals surface area contributed by atoms with Gasteiger partial charge < -0.3 is 10.2 Å². The van der Waals surface area contributed by atoms with Crippen molar-refractivity contribution in [3.05, 3.63) is 22.8 Å². The molecule has 0 saturated carbocycles. The van der Waals surface area contributed by atoms with E-state index in [4.69, 9.17) is 0 Å². The van der Waals surface area contributed by atoms with Crippen molar-refractivity contribution in [2.24, 2.45) is 0 Å². The minimum absolute atomic E-state index is 0.153. The standard InChI is InChI=1S/C12H18O2/c1-7-8(2)11(14)9(6-10(7)13)12(3,4)5/h6,13-14H,1-5H3. The minimum atomic E-state index is -0.153. The highest BCUT2D eigenvalue weighted by Gasteiger charge is 2.21. The van der Waals surface area contributed by atoms with E-state index in [0.717, 1.165) is 16.7 Å². The monoisotopic (exact) mass is 194 g/mol. The van der Waals surface area contributed by atoms with Crippen molar-refractivity contribution in [1.82, 2.24) is 0 Å². The number of phenols is 2. The van der Waals surface area contributed by atoms with Crippen LogP contribution in [0.1, 0.15) is 37.5 Å². The summed E-state index contributed by atoms with van der Waals surface area (Å²) in [4.78, 5) is 0. The Bertz CT molecular complexity index is 360. The van der Waals surface area contributed by atoms with Gasteiger partial charge in [-0.15, -0.1) is 0 Å². The molecule has 2 heteroatoms. The Labute approximate surface area is 85.2 Å². The van der Waals surface area contributed by atoms with Crippen LogP contribution in [0.5, 0.6) is 11.5 Å². The summed E-state index contributed by atoms with van der Waals surface area (Å²) in [5.41, 5.74) is 2.14. The summed E-state index contributed by atoms with van der Waals surface area (Å²) in [6, 6.07) is 1.65. The van der Waals surface area contributed by atoms with Crippen molar-refractivity contribution < 1.29 is 10.2 Å². The fraction of sp³-hybridized carbons (Fsp3) is 0.500. The van der Waals surface area contributed by atoms with Crippen LogP contribution in [0.2, 0.25) is 0 Å². The molecule has 1 rings (SSSR count). The highest BCUT2D eigenvalue weighted by molar-refractivity contribution is 5.53. The first-order valence-electron chi connectivity index (χ1n) is 4.77. The third-order valence-electron chi connectivity index (χ3n) is 2.65. The van der Waals surface area contributed by atoms with Gasteiger partial charge in [-0.3, -0.25) is 0 Å². The molecule has 2 nitrogen and oxygen atoms in total. The van der Waals surface area contributed by atoms with Crippen LogP contribution in [-0.2, 0) is 5.41 Å². The van der Waals surface area contributed by atoms with E-state index in [1.54, 1.807) is 13.0 Å². The van der Waals surface area contributed by atoms with Crippen LogP contribution in [0.15, 0.2) is 6.07 Å². The zero-order valence-corrected chi connectivity index (χ0v) is 9.47. The van der Waals surface area contributed by atoms with E-state index in [1.807, 2.05) is 27.7 Å².